The molecular formula is C25H18BrCl2NO6S2. The number of thioether (sulfide) groups is 1. The minimum atomic E-state index is -4.19. The molecule has 0 radical (unpaired) electrons. The molecule has 0 unspecified atom stereocenters. The van der Waals surface area contributed by atoms with Crippen LogP contribution in [0.2, 0.25) is 10.0 Å². The predicted molar refractivity (Wildman–Crippen MR) is 148 cm³/mol. The maximum atomic E-state index is 13.0. The molecule has 1 saturated heterocycles. The minimum Gasteiger partial charge on any atom is -0.490 e. The lowest BCUT2D eigenvalue weighted by Crippen LogP contribution is -2.27. The number of hydrogen-bond donors (Lipinski definition) is 0. The molecule has 1 aliphatic heterocycles. The van der Waals surface area contributed by atoms with Crippen LogP contribution in [-0.2, 0) is 21.5 Å². The highest BCUT2D eigenvalue weighted by atomic mass is 79.9. The molecule has 0 saturated carbocycles. The van der Waals surface area contributed by atoms with Crippen LogP contribution in [0.1, 0.15) is 18.1 Å². The van der Waals surface area contributed by atoms with Crippen LogP contribution in [-0.4, -0.2) is 31.1 Å². The fourth-order valence-electron chi connectivity index (χ4n) is 3.36. The van der Waals surface area contributed by atoms with Crippen molar-refractivity contribution in [2.24, 2.45) is 0 Å². The minimum absolute atomic E-state index is 0.0465. The molecule has 12 heteroatoms. The van der Waals surface area contributed by atoms with Gasteiger partial charge in [-0.15, -0.1) is 0 Å². The summed E-state index contributed by atoms with van der Waals surface area (Å²) in [6.07, 6.45) is 1.53. The Balaban J connectivity index is 1.62. The third-order valence-electron chi connectivity index (χ3n) is 5.08. The lowest BCUT2D eigenvalue weighted by molar-refractivity contribution is -0.123. The summed E-state index contributed by atoms with van der Waals surface area (Å²) < 4.78 is 36.9. The molecule has 192 valence electrons. The van der Waals surface area contributed by atoms with E-state index in [4.69, 9.17) is 32.1 Å². The summed E-state index contributed by atoms with van der Waals surface area (Å²) in [6, 6.07) is 15.6. The van der Waals surface area contributed by atoms with Crippen molar-refractivity contribution in [3.8, 4) is 11.5 Å². The second-order valence-electron chi connectivity index (χ2n) is 7.61. The van der Waals surface area contributed by atoms with Crippen molar-refractivity contribution in [3.63, 3.8) is 0 Å². The fraction of sp³-hybridized carbons (Fsp3) is 0.120. The van der Waals surface area contributed by atoms with Gasteiger partial charge in [0.15, 0.2) is 11.5 Å². The van der Waals surface area contributed by atoms with Crippen LogP contribution < -0.4 is 8.92 Å². The van der Waals surface area contributed by atoms with Crippen molar-refractivity contribution >= 4 is 78.2 Å². The van der Waals surface area contributed by atoms with Gasteiger partial charge in [-0.25, -0.2) is 0 Å². The van der Waals surface area contributed by atoms with Crippen molar-refractivity contribution in [1.82, 2.24) is 4.90 Å². The van der Waals surface area contributed by atoms with Crippen LogP contribution in [0, 0.1) is 0 Å². The topological polar surface area (TPSA) is 90.0 Å². The number of carbonyl (C=O) groups is 2. The van der Waals surface area contributed by atoms with E-state index in [0.717, 1.165) is 16.7 Å². The summed E-state index contributed by atoms with van der Waals surface area (Å²) in [6.45, 7) is 2.00. The van der Waals surface area contributed by atoms with Crippen molar-refractivity contribution in [1.29, 1.82) is 0 Å². The van der Waals surface area contributed by atoms with Gasteiger partial charge in [0.2, 0.25) is 0 Å². The zero-order chi connectivity index (χ0) is 26.7. The van der Waals surface area contributed by atoms with Crippen LogP contribution in [0.5, 0.6) is 11.5 Å². The molecule has 0 spiro atoms. The normalized spacial score (nSPS) is 14.9. The molecule has 0 aromatic heterocycles. The average Bonchev–Trinajstić information content (AvgIpc) is 3.10. The molecule has 0 bridgehead atoms. The summed E-state index contributed by atoms with van der Waals surface area (Å²) in [5.41, 5.74) is 1.15. The Hall–Kier alpha value is -2.50. The first kappa shape index (κ1) is 27.5. The maximum absolute atomic E-state index is 13.0. The van der Waals surface area contributed by atoms with Gasteiger partial charge >= 0.3 is 10.1 Å². The maximum Gasteiger partial charge on any atom is 0.339 e. The van der Waals surface area contributed by atoms with Crippen molar-refractivity contribution in [2.45, 2.75) is 18.4 Å². The van der Waals surface area contributed by atoms with E-state index in [-0.39, 0.29) is 38.9 Å². The van der Waals surface area contributed by atoms with Gasteiger partial charge in [-0.05, 0) is 94.3 Å². The average molecular weight is 643 g/mol. The Morgan fingerprint density at radius 3 is 2.43 bits per heavy atom. The molecule has 0 aliphatic carbocycles. The molecule has 3 aromatic rings. The second kappa shape index (κ2) is 11.5. The monoisotopic (exact) mass is 641 g/mol. The number of hydrogen-bond acceptors (Lipinski definition) is 7. The molecule has 4 rings (SSSR count). The first-order valence-corrected chi connectivity index (χ1v) is 14.5. The van der Waals surface area contributed by atoms with E-state index < -0.39 is 21.3 Å². The van der Waals surface area contributed by atoms with Gasteiger partial charge in [0, 0.05) is 10.0 Å². The summed E-state index contributed by atoms with van der Waals surface area (Å²) in [5, 5.41) is 0.421. The number of carbonyl (C=O) groups excluding carboxylic acids is 2. The quantitative estimate of drug-likeness (QED) is 0.190. The van der Waals surface area contributed by atoms with Crippen LogP contribution in [0.15, 0.2) is 74.9 Å². The first-order valence-electron chi connectivity index (χ1n) is 10.7. The van der Waals surface area contributed by atoms with Gasteiger partial charge in [-0.2, -0.15) is 8.42 Å². The lowest BCUT2D eigenvalue weighted by Gasteiger charge is -2.15. The molecule has 3 aromatic carbocycles. The van der Waals surface area contributed by atoms with Crippen molar-refractivity contribution < 1.29 is 26.9 Å². The number of ether oxygens (including phenoxy) is 1. The zero-order valence-electron chi connectivity index (χ0n) is 19.1. The second-order valence-corrected chi connectivity index (χ2v) is 11.9. The Morgan fingerprint density at radius 1 is 1.05 bits per heavy atom. The molecule has 2 amide bonds. The van der Waals surface area contributed by atoms with Gasteiger partial charge in [0.25, 0.3) is 11.1 Å². The Morgan fingerprint density at radius 2 is 1.76 bits per heavy atom. The summed E-state index contributed by atoms with van der Waals surface area (Å²) in [4.78, 5) is 26.8. The van der Waals surface area contributed by atoms with E-state index in [1.54, 1.807) is 37.3 Å². The van der Waals surface area contributed by atoms with Gasteiger partial charge in [0.1, 0.15) is 4.90 Å². The third-order valence-corrected chi connectivity index (χ3v) is 8.44. The van der Waals surface area contributed by atoms with Gasteiger partial charge < -0.3 is 8.92 Å². The van der Waals surface area contributed by atoms with E-state index >= 15 is 0 Å². The standard InChI is InChI=1S/C25H18BrCl2NO6S2/c1-2-34-21-12-15(11-19(26)23(21)35-37(32,33)18-9-7-17(27)8-10-18)13-22-24(30)29(25(31)36-22)14-16-5-3-4-6-20(16)28/h3-13H,2,14H2,1H3/b22-13-. The van der Waals surface area contributed by atoms with E-state index in [2.05, 4.69) is 15.9 Å². The smallest absolute Gasteiger partial charge is 0.339 e. The first-order chi connectivity index (χ1) is 17.6. The highest BCUT2D eigenvalue weighted by Gasteiger charge is 2.35. The number of imide groups is 1. The van der Waals surface area contributed by atoms with Crippen LogP contribution in [0.25, 0.3) is 6.08 Å². The Labute approximate surface area is 236 Å². The Kier molecular flexibility index (Phi) is 8.55. The SMILES string of the molecule is CCOc1cc(/C=C2\SC(=O)N(Cc3ccccc3Cl)C2=O)cc(Br)c1OS(=O)(=O)c1ccc(Cl)cc1. The number of nitrogens with zero attached hydrogens (tertiary/aromatic N) is 1. The van der Waals surface area contributed by atoms with Gasteiger partial charge in [-0.1, -0.05) is 41.4 Å². The molecule has 37 heavy (non-hydrogen) atoms. The van der Waals surface area contributed by atoms with E-state index in [1.807, 2.05) is 0 Å². The summed E-state index contributed by atoms with van der Waals surface area (Å²) in [5.74, 6) is -0.383. The van der Waals surface area contributed by atoms with Crippen molar-refractivity contribution in [3.05, 3.63) is 91.2 Å². The largest absolute Gasteiger partial charge is 0.490 e. The van der Waals surface area contributed by atoms with Crippen LogP contribution >= 0.6 is 50.9 Å². The number of halogens is 3. The van der Waals surface area contributed by atoms with E-state index in [0.29, 0.717) is 21.2 Å². The van der Waals surface area contributed by atoms with E-state index in [1.165, 1.54) is 36.4 Å². The molecular weight excluding hydrogens is 625 g/mol. The molecule has 1 heterocycles. The van der Waals surface area contributed by atoms with Crippen LogP contribution in [0.4, 0.5) is 4.79 Å². The number of benzene rings is 3. The number of amides is 2. The summed E-state index contributed by atoms with van der Waals surface area (Å²) in [7, 11) is -4.19. The van der Waals surface area contributed by atoms with Crippen LogP contribution in [0.3, 0.4) is 0 Å². The highest BCUT2D eigenvalue weighted by Crippen LogP contribution is 2.41. The van der Waals surface area contributed by atoms with Gasteiger partial charge in [-0.3, -0.25) is 14.5 Å². The molecule has 1 aliphatic rings. The number of rotatable bonds is 8. The molecule has 0 N–H and O–H groups in total. The summed E-state index contributed by atoms with van der Waals surface area (Å²) >= 11 is 16.2. The fourth-order valence-corrected chi connectivity index (χ4v) is 6.12. The highest BCUT2D eigenvalue weighted by molar-refractivity contribution is 9.10. The molecule has 1 fully saturated rings. The van der Waals surface area contributed by atoms with E-state index in [9.17, 15) is 18.0 Å². The third kappa shape index (κ3) is 6.32. The van der Waals surface area contributed by atoms with Crippen molar-refractivity contribution in [2.75, 3.05) is 6.61 Å². The lowest BCUT2D eigenvalue weighted by atomic mass is 10.1. The zero-order valence-corrected chi connectivity index (χ0v) is 23.8. The predicted octanol–water partition coefficient (Wildman–Crippen LogP) is 7.16. The molecule has 7 nitrogen and oxygen atoms in total. The molecule has 0 atom stereocenters. The van der Waals surface area contributed by atoms with Gasteiger partial charge in [0.05, 0.1) is 22.5 Å². The Bertz CT molecular complexity index is 1510.